The summed E-state index contributed by atoms with van der Waals surface area (Å²) in [6, 6.07) is 11.5. The van der Waals surface area contributed by atoms with Crippen molar-refractivity contribution in [3.05, 3.63) is 60.0 Å². The van der Waals surface area contributed by atoms with Crippen LogP contribution in [0.25, 0.3) is 11.5 Å². The third-order valence-electron chi connectivity index (χ3n) is 3.25. The lowest BCUT2D eigenvalue weighted by Crippen LogP contribution is -2.14. The van der Waals surface area contributed by atoms with Gasteiger partial charge < -0.3 is 19.0 Å². The second-order valence-corrected chi connectivity index (χ2v) is 4.95. The fourth-order valence-electron chi connectivity index (χ4n) is 2.11. The van der Waals surface area contributed by atoms with Crippen LogP contribution in [0.1, 0.15) is 16.1 Å². The first kappa shape index (κ1) is 15.5. The molecule has 0 unspecified atom stereocenters. The van der Waals surface area contributed by atoms with Crippen LogP contribution in [-0.2, 0) is 16.0 Å². The van der Waals surface area contributed by atoms with Crippen LogP contribution in [0.4, 0.5) is 5.69 Å². The number of ether oxygens (including phenoxy) is 1. The van der Waals surface area contributed by atoms with Crippen molar-refractivity contribution in [1.82, 2.24) is 5.16 Å². The maximum atomic E-state index is 12.0. The van der Waals surface area contributed by atoms with E-state index in [4.69, 9.17) is 8.94 Å². The molecule has 0 atom stereocenters. The average molecular weight is 326 g/mol. The van der Waals surface area contributed by atoms with Gasteiger partial charge in [-0.1, -0.05) is 5.16 Å². The normalized spacial score (nSPS) is 10.4. The number of aromatic nitrogens is 1. The third kappa shape index (κ3) is 3.52. The van der Waals surface area contributed by atoms with Gasteiger partial charge in [0, 0.05) is 11.8 Å². The molecular weight excluding hydrogens is 312 g/mol. The summed E-state index contributed by atoms with van der Waals surface area (Å²) >= 11 is 0. The molecule has 7 heteroatoms. The molecule has 0 bridgehead atoms. The van der Waals surface area contributed by atoms with E-state index in [-0.39, 0.29) is 12.3 Å². The molecule has 0 saturated heterocycles. The summed E-state index contributed by atoms with van der Waals surface area (Å²) in [6.45, 7) is 0. The van der Waals surface area contributed by atoms with Gasteiger partial charge in [-0.05, 0) is 36.4 Å². The largest absolute Gasteiger partial charge is 0.465 e. The SMILES string of the molecule is COC(=O)c1ccc(NC(=O)Cc2cc(-c3ccco3)on2)cc1. The molecule has 122 valence electrons. The van der Waals surface area contributed by atoms with Gasteiger partial charge in [0.2, 0.25) is 11.7 Å². The number of nitrogens with zero attached hydrogens (tertiary/aromatic N) is 1. The summed E-state index contributed by atoms with van der Waals surface area (Å²) in [4.78, 5) is 23.4. The summed E-state index contributed by atoms with van der Waals surface area (Å²) < 4.78 is 15.0. The number of esters is 1. The van der Waals surface area contributed by atoms with Crippen LogP contribution in [0, 0.1) is 0 Å². The minimum atomic E-state index is -0.430. The standard InChI is InChI=1S/C17H14N2O5/c1-22-17(21)11-4-6-12(7-5-11)18-16(20)10-13-9-15(24-19-13)14-3-2-8-23-14/h2-9H,10H2,1H3,(H,18,20). The zero-order valence-electron chi connectivity index (χ0n) is 12.8. The highest BCUT2D eigenvalue weighted by atomic mass is 16.5. The molecule has 0 saturated carbocycles. The Kier molecular flexibility index (Phi) is 4.42. The van der Waals surface area contributed by atoms with Crippen LogP contribution in [-0.4, -0.2) is 24.1 Å². The molecule has 2 aromatic heterocycles. The van der Waals surface area contributed by atoms with E-state index in [2.05, 4.69) is 15.2 Å². The maximum Gasteiger partial charge on any atom is 0.337 e. The molecular formula is C17H14N2O5. The fraction of sp³-hybridized carbons (Fsp3) is 0.118. The van der Waals surface area contributed by atoms with Gasteiger partial charge in [-0.3, -0.25) is 4.79 Å². The molecule has 2 heterocycles. The Morgan fingerprint density at radius 1 is 1.17 bits per heavy atom. The summed E-state index contributed by atoms with van der Waals surface area (Å²) in [6.07, 6.45) is 1.59. The van der Waals surface area contributed by atoms with Crippen LogP contribution in [0.3, 0.4) is 0 Å². The first-order valence-corrected chi connectivity index (χ1v) is 7.13. The Bertz CT molecular complexity index is 834. The van der Waals surface area contributed by atoms with Crippen molar-refractivity contribution in [2.75, 3.05) is 12.4 Å². The average Bonchev–Trinajstić information content (AvgIpc) is 3.26. The second kappa shape index (κ2) is 6.82. The smallest absolute Gasteiger partial charge is 0.337 e. The summed E-state index contributed by atoms with van der Waals surface area (Å²) in [5.74, 6) is 0.332. The number of rotatable bonds is 5. The van der Waals surface area contributed by atoms with Crippen molar-refractivity contribution in [1.29, 1.82) is 0 Å². The zero-order chi connectivity index (χ0) is 16.9. The number of benzene rings is 1. The first-order chi connectivity index (χ1) is 11.7. The van der Waals surface area contributed by atoms with Crippen LogP contribution in [0.2, 0.25) is 0 Å². The molecule has 0 fully saturated rings. The minimum Gasteiger partial charge on any atom is -0.465 e. The Morgan fingerprint density at radius 3 is 2.62 bits per heavy atom. The van der Waals surface area contributed by atoms with E-state index in [1.807, 2.05) is 0 Å². The molecule has 3 aromatic rings. The number of furan rings is 1. The number of hydrogen-bond donors (Lipinski definition) is 1. The first-order valence-electron chi connectivity index (χ1n) is 7.13. The van der Waals surface area contributed by atoms with Crippen molar-refractivity contribution in [3.63, 3.8) is 0 Å². The van der Waals surface area contributed by atoms with Crippen LogP contribution < -0.4 is 5.32 Å². The number of carbonyl (C=O) groups is 2. The number of amides is 1. The van der Waals surface area contributed by atoms with Crippen molar-refractivity contribution < 1.29 is 23.3 Å². The fourth-order valence-corrected chi connectivity index (χ4v) is 2.11. The van der Waals surface area contributed by atoms with Crippen LogP contribution in [0.15, 0.2) is 57.7 Å². The van der Waals surface area contributed by atoms with Crippen molar-refractivity contribution in [2.45, 2.75) is 6.42 Å². The van der Waals surface area contributed by atoms with E-state index in [1.54, 1.807) is 42.5 Å². The number of methoxy groups -OCH3 is 1. The van der Waals surface area contributed by atoms with Crippen LogP contribution in [0.5, 0.6) is 0 Å². The zero-order valence-corrected chi connectivity index (χ0v) is 12.8. The third-order valence-corrected chi connectivity index (χ3v) is 3.25. The van der Waals surface area contributed by atoms with Gasteiger partial charge >= 0.3 is 5.97 Å². The quantitative estimate of drug-likeness (QED) is 0.724. The van der Waals surface area contributed by atoms with Gasteiger partial charge in [-0.25, -0.2) is 4.79 Å². The molecule has 1 amide bonds. The lowest BCUT2D eigenvalue weighted by atomic mass is 10.2. The van der Waals surface area contributed by atoms with Gasteiger partial charge in [0.1, 0.15) is 0 Å². The number of carbonyl (C=O) groups excluding carboxylic acids is 2. The molecule has 0 radical (unpaired) electrons. The van der Waals surface area contributed by atoms with Crippen molar-refractivity contribution in [2.24, 2.45) is 0 Å². The monoisotopic (exact) mass is 326 g/mol. The summed E-state index contributed by atoms with van der Waals surface area (Å²) in [7, 11) is 1.31. The molecule has 0 aliphatic rings. The topological polar surface area (TPSA) is 94.6 Å². The Balaban J connectivity index is 1.60. The molecule has 7 nitrogen and oxygen atoms in total. The number of anilines is 1. The molecule has 1 aromatic carbocycles. The van der Waals surface area contributed by atoms with Gasteiger partial charge in [0.25, 0.3) is 0 Å². The van der Waals surface area contributed by atoms with Crippen molar-refractivity contribution in [3.8, 4) is 11.5 Å². The van der Waals surface area contributed by atoms with Gasteiger partial charge in [-0.2, -0.15) is 0 Å². The highest BCUT2D eigenvalue weighted by Gasteiger charge is 2.13. The summed E-state index contributed by atoms with van der Waals surface area (Å²) in [5.41, 5.74) is 1.47. The number of nitrogens with one attached hydrogen (secondary N) is 1. The van der Waals surface area contributed by atoms with E-state index in [0.29, 0.717) is 28.5 Å². The molecule has 24 heavy (non-hydrogen) atoms. The van der Waals surface area contributed by atoms with Crippen LogP contribution >= 0.6 is 0 Å². The van der Waals surface area contributed by atoms with E-state index in [1.165, 1.54) is 13.4 Å². The summed E-state index contributed by atoms with van der Waals surface area (Å²) in [5, 5.41) is 6.57. The lowest BCUT2D eigenvalue weighted by molar-refractivity contribution is -0.115. The van der Waals surface area contributed by atoms with Gasteiger partial charge in [0.05, 0.1) is 31.1 Å². The Morgan fingerprint density at radius 2 is 1.96 bits per heavy atom. The van der Waals surface area contributed by atoms with E-state index < -0.39 is 5.97 Å². The Hall–Kier alpha value is -3.35. The molecule has 1 N–H and O–H groups in total. The van der Waals surface area contributed by atoms with E-state index in [9.17, 15) is 9.59 Å². The van der Waals surface area contributed by atoms with Gasteiger partial charge in [0.15, 0.2) is 5.76 Å². The maximum absolute atomic E-state index is 12.0. The predicted octanol–water partition coefficient (Wildman–Crippen LogP) is 2.90. The van der Waals surface area contributed by atoms with Gasteiger partial charge in [-0.15, -0.1) is 0 Å². The molecule has 0 aliphatic carbocycles. The highest BCUT2D eigenvalue weighted by Crippen LogP contribution is 2.21. The Labute approximate surface area is 137 Å². The van der Waals surface area contributed by atoms with E-state index >= 15 is 0 Å². The number of hydrogen-bond acceptors (Lipinski definition) is 6. The second-order valence-electron chi connectivity index (χ2n) is 4.95. The predicted molar refractivity (Wildman–Crippen MR) is 84.3 cm³/mol. The van der Waals surface area contributed by atoms with E-state index in [0.717, 1.165) is 0 Å². The molecule has 0 spiro atoms. The minimum absolute atomic E-state index is 0.0585. The lowest BCUT2D eigenvalue weighted by Gasteiger charge is -2.04. The molecule has 0 aliphatic heterocycles. The highest BCUT2D eigenvalue weighted by molar-refractivity contribution is 5.93. The van der Waals surface area contributed by atoms with Crippen molar-refractivity contribution >= 4 is 17.6 Å². The molecule has 3 rings (SSSR count).